The van der Waals surface area contributed by atoms with Gasteiger partial charge in [-0.2, -0.15) is 5.10 Å². The van der Waals surface area contributed by atoms with Crippen molar-refractivity contribution >= 4 is 22.9 Å². The zero-order valence-corrected chi connectivity index (χ0v) is 15.8. The number of rotatable bonds is 5. The van der Waals surface area contributed by atoms with Gasteiger partial charge in [0.1, 0.15) is 16.3 Å². The molecule has 3 aromatic heterocycles. The quantitative estimate of drug-likeness (QED) is 0.667. The van der Waals surface area contributed by atoms with Crippen LogP contribution in [0.4, 0.5) is 5.82 Å². The van der Waals surface area contributed by atoms with E-state index in [4.69, 9.17) is 21.4 Å². The Morgan fingerprint density at radius 2 is 2.00 bits per heavy atom. The lowest BCUT2D eigenvalue weighted by Crippen LogP contribution is -2.36. The number of piperidine rings is 1. The van der Waals surface area contributed by atoms with Crippen molar-refractivity contribution < 1.29 is 4.74 Å². The summed E-state index contributed by atoms with van der Waals surface area (Å²) in [4.78, 5) is 11.0. The number of hydrogen-bond acceptors (Lipinski definition) is 5. The van der Waals surface area contributed by atoms with Gasteiger partial charge < -0.3 is 9.64 Å². The third-order valence-electron chi connectivity index (χ3n) is 5.51. The number of fused-ring (bicyclic) bond motifs is 1. The lowest BCUT2D eigenvalue weighted by molar-refractivity contribution is 0.222. The second-order valence-electron chi connectivity index (χ2n) is 7.47. The Kier molecular flexibility index (Phi) is 4.36. The fourth-order valence-electron chi connectivity index (χ4n) is 3.75. The minimum Gasteiger partial charge on any atom is -0.492 e. The summed E-state index contributed by atoms with van der Waals surface area (Å²) < 4.78 is 7.89. The Bertz CT molecular complexity index is 946. The average Bonchev–Trinajstić information content (AvgIpc) is 3.46. The van der Waals surface area contributed by atoms with Crippen LogP contribution in [0.15, 0.2) is 36.9 Å². The minimum absolute atomic E-state index is 0.525. The molecule has 0 unspecified atom stereocenters. The van der Waals surface area contributed by atoms with Gasteiger partial charge in [-0.25, -0.2) is 9.50 Å². The molecule has 4 heterocycles. The maximum atomic E-state index is 6.12. The molecular formula is C20H22ClN5O. The van der Waals surface area contributed by atoms with Gasteiger partial charge in [0.2, 0.25) is 0 Å². The first-order valence-electron chi connectivity index (χ1n) is 9.59. The number of aromatic nitrogens is 4. The van der Waals surface area contributed by atoms with E-state index in [0.717, 1.165) is 37.3 Å². The van der Waals surface area contributed by atoms with E-state index in [1.54, 1.807) is 12.4 Å². The van der Waals surface area contributed by atoms with E-state index in [1.807, 2.05) is 23.0 Å². The van der Waals surface area contributed by atoms with Crippen molar-refractivity contribution in [2.45, 2.75) is 31.6 Å². The topological polar surface area (TPSA) is 55.5 Å². The summed E-state index contributed by atoms with van der Waals surface area (Å²) in [5.74, 6) is 2.94. The molecule has 0 aromatic carbocycles. The van der Waals surface area contributed by atoms with E-state index < -0.39 is 0 Å². The van der Waals surface area contributed by atoms with E-state index in [1.165, 1.54) is 18.5 Å². The van der Waals surface area contributed by atoms with Crippen LogP contribution in [0.3, 0.4) is 0 Å². The summed E-state index contributed by atoms with van der Waals surface area (Å²) in [6, 6.07) is 4.04. The van der Waals surface area contributed by atoms with Crippen LogP contribution in [0.1, 0.15) is 37.3 Å². The second-order valence-corrected chi connectivity index (χ2v) is 7.88. The first-order valence-corrected chi connectivity index (χ1v) is 9.97. The van der Waals surface area contributed by atoms with Gasteiger partial charge in [-0.15, -0.1) is 0 Å². The summed E-state index contributed by atoms with van der Waals surface area (Å²) in [7, 11) is 0. The minimum atomic E-state index is 0.525. The van der Waals surface area contributed by atoms with Gasteiger partial charge in [-0.3, -0.25) is 4.98 Å². The maximum Gasteiger partial charge on any atom is 0.154 e. The molecule has 0 amide bonds. The number of halogens is 1. The van der Waals surface area contributed by atoms with Crippen LogP contribution in [-0.4, -0.2) is 39.3 Å². The van der Waals surface area contributed by atoms with Crippen molar-refractivity contribution in [3.8, 4) is 5.75 Å². The number of ether oxygens (including phenoxy) is 1. The van der Waals surface area contributed by atoms with Crippen molar-refractivity contribution in [1.29, 1.82) is 0 Å². The molecule has 0 bridgehead atoms. The molecule has 140 valence electrons. The molecule has 1 saturated heterocycles. The predicted molar refractivity (Wildman–Crippen MR) is 105 cm³/mol. The molecule has 1 aliphatic carbocycles. The van der Waals surface area contributed by atoms with Crippen LogP contribution in [0.2, 0.25) is 5.02 Å². The summed E-state index contributed by atoms with van der Waals surface area (Å²) in [6.07, 6.45) is 11.8. The Hall–Kier alpha value is -2.34. The van der Waals surface area contributed by atoms with Crippen molar-refractivity contribution in [2.75, 3.05) is 24.6 Å². The first-order chi connectivity index (χ1) is 13.3. The first kappa shape index (κ1) is 16.8. The highest BCUT2D eigenvalue weighted by Gasteiger charge is 2.28. The van der Waals surface area contributed by atoms with Gasteiger partial charge in [0.25, 0.3) is 0 Å². The molecule has 6 nitrogen and oxygen atoms in total. The highest BCUT2D eigenvalue weighted by molar-refractivity contribution is 6.31. The van der Waals surface area contributed by atoms with E-state index in [9.17, 15) is 0 Å². The second kappa shape index (κ2) is 7.00. The third kappa shape index (κ3) is 3.46. The van der Waals surface area contributed by atoms with Gasteiger partial charge >= 0.3 is 0 Å². The monoisotopic (exact) mass is 383 g/mol. The van der Waals surface area contributed by atoms with Crippen LogP contribution in [-0.2, 0) is 0 Å². The molecule has 27 heavy (non-hydrogen) atoms. The normalized spacial score (nSPS) is 18.2. The van der Waals surface area contributed by atoms with Gasteiger partial charge in [-0.05, 0) is 37.7 Å². The van der Waals surface area contributed by atoms with E-state index in [0.29, 0.717) is 29.2 Å². The lowest BCUT2D eigenvalue weighted by atomic mass is 9.98. The Labute approximate surface area is 163 Å². The molecular weight excluding hydrogens is 362 g/mol. The van der Waals surface area contributed by atoms with Crippen LogP contribution < -0.4 is 9.64 Å². The Balaban J connectivity index is 1.24. The molecule has 0 radical (unpaired) electrons. The molecule has 1 saturated carbocycles. The maximum absolute atomic E-state index is 6.12. The molecule has 5 rings (SSSR count). The Morgan fingerprint density at radius 1 is 1.15 bits per heavy atom. The standard InChI is InChI=1S/C20H22ClN5O/c21-16-12-22-6-3-19(16)27-13-14-4-8-25(9-5-14)20-18-11-17(15-1-2-15)24-26(18)10-7-23-20/h3,6-7,10-12,14-15H,1-2,4-5,8-9,13H2. The van der Waals surface area contributed by atoms with Crippen molar-refractivity contribution in [2.24, 2.45) is 5.92 Å². The zero-order chi connectivity index (χ0) is 18.2. The summed E-state index contributed by atoms with van der Waals surface area (Å²) in [5.41, 5.74) is 2.33. The van der Waals surface area contributed by atoms with Crippen molar-refractivity contribution in [3.05, 3.63) is 47.6 Å². The fourth-order valence-corrected chi connectivity index (χ4v) is 3.92. The number of pyridine rings is 1. The Morgan fingerprint density at radius 3 is 2.78 bits per heavy atom. The summed E-state index contributed by atoms with van der Waals surface area (Å²) >= 11 is 6.12. The molecule has 2 fully saturated rings. The fraction of sp³-hybridized carbons (Fsp3) is 0.450. The smallest absolute Gasteiger partial charge is 0.154 e. The lowest BCUT2D eigenvalue weighted by Gasteiger charge is -2.32. The number of nitrogens with zero attached hydrogens (tertiary/aromatic N) is 5. The number of anilines is 1. The van der Waals surface area contributed by atoms with Gasteiger partial charge in [0.15, 0.2) is 5.82 Å². The van der Waals surface area contributed by atoms with Crippen molar-refractivity contribution in [3.63, 3.8) is 0 Å². The molecule has 3 aromatic rings. The number of hydrogen-bond donors (Lipinski definition) is 0. The zero-order valence-electron chi connectivity index (χ0n) is 15.1. The SMILES string of the molecule is Clc1cnccc1OCC1CCN(c2nccn3nc(C4CC4)cc23)CC1. The van der Waals surface area contributed by atoms with Crippen LogP contribution in [0, 0.1) is 5.92 Å². The van der Waals surface area contributed by atoms with Crippen LogP contribution in [0.25, 0.3) is 5.52 Å². The molecule has 7 heteroatoms. The van der Waals surface area contributed by atoms with Crippen LogP contribution >= 0.6 is 11.6 Å². The predicted octanol–water partition coefficient (Wildman–Crippen LogP) is 3.95. The highest BCUT2D eigenvalue weighted by atomic mass is 35.5. The van der Waals surface area contributed by atoms with Crippen molar-refractivity contribution in [1.82, 2.24) is 19.6 Å². The highest BCUT2D eigenvalue weighted by Crippen LogP contribution is 2.40. The molecule has 2 aliphatic rings. The summed E-state index contributed by atoms with van der Waals surface area (Å²) in [5, 5.41) is 5.30. The average molecular weight is 384 g/mol. The van der Waals surface area contributed by atoms with E-state index >= 15 is 0 Å². The van der Waals surface area contributed by atoms with E-state index in [2.05, 4.69) is 20.9 Å². The van der Waals surface area contributed by atoms with E-state index in [-0.39, 0.29) is 0 Å². The van der Waals surface area contributed by atoms with Gasteiger partial charge in [0.05, 0.1) is 12.3 Å². The molecule has 0 N–H and O–H groups in total. The molecule has 1 aliphatic heterocycles. The van der Waals surface area contributed by atoms with Gasteiger partial charge in [0, 0.05) is 49.9 Å². The van der Waals surface area contributed by atoms with Gasteiger partial charge in [-0.1, -0.05) is 11.6 Å². The van der Waals surface area contributed by atoms with Crippen LogP contribution in [0.5, 0.6) is 5.75 Å². The third-order valence-corrected chi connectivity index (χ3v) is 5.79. The summed E-state index contributed by atoms with van der Waals surface area (Å²) in [6.45, 7) is 2.65. The molecule has 0 atom stereocenters. The largest absolute Gasteiger partial charge is 0.492 e. The molecule has 0 spiro atoms.